The summed E-state index contributed by atoms with van der Waals surface area (Å²) < 4.78 is 0. The third kappa shape index (κ3) is 5.39. The maximum atomic E-state index is 12.8. The Kier molecular flexibility index (Phi) is 7.11. The average molecular weight is 428 g/mol. The maximum absolute atomic E-state index is 12.8. The van der Waals surface area contributed by atoms with E-state index in [-0.39, 0.29) is 23.6 Å². The number of carbonyl (C=O) groups is 3. The van der Waals surface area contributed by atoms with E-state index in [1.54, 1.807) is 41.1 Å². The van der Waals surface area contributed by atoms with Gasteiger partial charge in [-0.05, 0) is 48.7 Å². The molecule has 0 bridgehead atoms. The molecule has 1 heterocycles. The fourth-order valence-corrected chi connectivity index (χ4v) is 3.63. The quantitative estimate of drug-likeness (QED) is 0.788. The number of nitrogens with one attached hydrogen (secondary N) is 1. The largest absolute Gasteiger partial charge is 0.342 e. The number of rotatable bonds is 5. The zero-order chi connectivity index (χ0) is 21.7. The molecule has 3 amide bonds. The molecule has 1 fully saturated rings. The minimum atomic E-state index is -0.155. The zero-order valence-corrected chi connectivity index (χ0v) is 18.0. The van der Waals surface area contributed by atoms with Crippen LogP contribution in [-0.2, 0) is 16.1 Å². The highest BCUT2D eigenvalue weighted by Crippen LogP contribution is 2.23. The van der Waals surface area contributed by atoms with Gasteiger partial charge in [-0.15, -0.1) is 0 Å². The first-order chi connectivity index (χ1) is 14.3. The van der Waals surface area contributed by atoms with Crippen molar-refractivity contribution in [1.82, 2.24) is 9.80 Å². The molecule has 0 unspecified atom stereocenters. The van der Waals surface area contributed by atoms with Crippen LogP contribution in [0.25, 0.3) is 0 Å². The van der Waals surface area contributed by atoms with Gasteiger partial charge in [-0.25, -0.2) is 0 Å². The van der Waals surface area contributed by atoms with E-state index in [1.165, 1.54) is 6.92 Å². The number of piperidine rings is 1. The highest BCUT2D eigenvalue weighted by atomic mass is 35.5. The van der Waals surface area contributed by atoms with Gasteiger partial charge in [0.1, 0.15) is 0 Å². The number of carbonyl (C=O) groups excluding carboxylic acids is 3. The molecule has 1 saturated heterocycles. The Morgan fingerprint density at radius 2 is 1.70 bits per heavy atom. The van der Waals surface area contributed by atoms with E-state index in [0.717, 1.165) is 11.3 Å². The first kappa shape index (κ1) is 21.8. The van der Waals surface area contributed by atoms with Gasteiger partial charge in [0.05, 0.1) is 0 Å². The van der Waals surface area contributed by atoms with Crippen molar-refractivity contribution in [3.8, 4) is 0 Å². The number of amides is 3. The number of halogens is 1. The van der Waals surface area contributed by atoms with Crippen LogP contribution >= 0.6 is 11.6 Å². The third-order valence-electron chi connectivity index (χ3n) is 5.46. The Bertz CT molecular complexity index is 922. The second-order valence-electron chi connectivity index (χ2n) is 7.59. The molecule has 7 heteroatoms. The molecule has 6 nitrogen and oxygen atoms in total. The van der Waals surface area contributed by atoms with Gasteiger partial charge in [-0.3, -0.25) is 14.4 Å². The molecule has 0 radical (unpaired) electrons. The van der Waals surface area contributed by atoms with Gasteiger partial charge in [-0.2, -0.15) is 0 Å². The van der Waals surface area contributed by atoms with E-state index in [0.29, 0.717) is 43.1 Å². The number of hydrogen-bond donors (Lipinski definition) is 1. The Balaban J connectivity index is 1.58. The summed E-state index contributed by atoms with van der Waals surface area (Å²) in [7, 11) is 1.73. The summed E-state index contributed by atoms with van der Waals surface area (Å²) in [6, 6.07) is 14.4. The minimum absolute atomic E-state index is 0.0335. The first-order valence-electron chi connectivity index (χ1n) is 10.0. The lowest BCUT2D eigenvalue weighted by atomic mass is 9.95. The number of benzene rings is 2. The number of hydrogen-bond acceptors (Lipinski definition) is 3. The van der Waals surface area contributed by atoms with Crippen molar-refractivity contribution < 1.29 is 14.4 Å². The van der Waals surface area contributed by atoms with Crippen molar-refractivity contribution in [2.75, 3.05) is 25.5 Å². The Morgan fingerprint density at radius 1 is 1.07 bits per heavy atom. The topological polar surface area (TPSA) is 69.7 Å². The highest BCUT2D eigenvalue weighted by Gasteiger charge is 2.28. The van der Waals surface area contributed by atoms with Gasteiger partial charge in [0.25, 0.3) is 5.91 Å². The summed E-state index contributed by atoms with van der Waals surface area (Å²) in [5.74, 6) is -0.277. The maximum Gasteiger partial charge on any atom is 0.253 e. The normalized spacial score (nSPS) is 14.3. The van der Waals surface area contributed by atoms with Crippen LogP contribution in [0.15, 0.2) is 48.5 Å². The Labute approximate surface area is 181 Å². The number of likely N-dealkylation sites (tertiary alicyclic amines) is 1. The average Bonchev–Trinajstić information content (AvgIpc) is 2.75. The smallest absolute Gasteiger partial charge is 0.253 e. The second kappa shape index (κ2) is 9.76. The summed E-state index contributed by atoms with van der Waals surface area (Å²) in [6.07, 6.45) is 1.22. The number of anilines is 1. The van der Waals surface area contributed by atoms with Gasteiger partial charge in [0, 0.05) is 55.8 Å². The van der Waals surface area contributed by atoms with Crippen LogP contribution in [-0.4, -0.2) is 47.7 Å². The fraction of sp³-hybridized carbons (Fsp3) is 0.348. The predicted octanol–water partition coefficient (Wildman–Crippen LogP) is 3.81. The molecule has 3 rings (SSSR count). The van der Waals surface area contributed by atoms with E-state index < -0.39 is 0 Å². The molecule has 0 saturated carbocycles. The van der Waals surface area contributed by atoms with Gasteiger partial charge in [0.2, 0.25) is 11.8 Å². The van der Waals surface area contributed by atoms with Crippen molar-refractivity contribution >= 4 is 35.0 Å². The Morgan fingerprint density at radius 3 is 2.33 bits per heavy atom. The van der Waals surface area contributed by atoms with Crippen LogP contribution in [0.3, 0.4) is 0 Å². The number of para-hydroxylation sites is 1. The molecule has 2 aromatic rings. The van der Waals surface area contributed by atoms with Gasteiger partial charge in [-0.1, -0.05) is 29.8 Å². The second-order valence-corrected chi connectivity index (χ2v) is 8.03. The number of nitrogens with zero attached hydrogens (tertiary/aromatic N) is 2. The molecule has 30 heavy (non-hydrogen) atoms. The van der Waals surface area contributed by atoms with Crippen LogP contribution in [0.2, 0.25) is 5.02 Å². The van der Waals surface area contributed by atoms with E-state index in [1.807, 2.05) is 24.3 Å². The SMILES string of the molecule is CC(=O)N(C)Cc1ccccc1NC(=O)C1CCN(C(=O)c2ccc(Cl)cc2)CC1. The van der Waals surface area contributed by atoms with Crippen molar-refractivity contribution in [3.63, 3.8) is 0 Å². The first-order valence-corrected chi connectivity index (χ1v) is 10.4. The van der Waals surface area contributed by atoms with Crippen molar-refractivity contribution in [2.45, 2.75) is 26.3 Å². The lowest BCUT2D eigenvalue weighted by Gasteiger charge is -2.31. The highest BCUT2D eigenvalue weighted by molar-refractivity contribution is 6.30. The minimum Gasteiger partial charge on any atom is -0.342 e. The van der Waals surface area contributed by atoms with Crippen molar-refractivity contribution in [2.24, 2.45) is 5.92 Å². The summed E-state index contributed by atoms with van der Waals surface area (Å²) in [4.78, 5) is 40.4. The van der Waals surface area contributed by atoms with E-state index >= 15 is 0 Å². The van der Waals surface area contributed by atoms with Crippen LogP contribution in [0.1, 0.15) is 35.7 Å². The molecule has 0 aromatic heterocycles. The molecular weight excluding hydrogens is 402 g/mol. The van der Waals surface area contributed by atoms with E-state index in [2.05, 4.69) is 5.32 Å². The summed E-state index contributed by atoms with van der Waals surface area (Å²) in [5.41, 5.74) is 2.21. The zero-order valence-electron chi connectivity index (χ0n) is 17.2. The summed E-state index contributed by atoms with van der Waals surface area (Å²) >= 11 is 5.89. The molecule has 0 atom stereocenters. The molecule has 2 aromatic carbocycles. The van der Waals surface area contributed by atoms with Gasteiger partial charge >= 0.3 is 0 Å². The van der Waals surface area contributed by atoms with Crippen molar-refractivity contribution in [1.29, 1.82) is 0 Å². The summed E-state index contributed by atoms with van der Waals surface area (Å²) in [5, 5.41) is 3.61. The molecule has 1 aliphatic heterocycles. The van der Waals surface area contributed by atoms with Crippen LogP contribution in [0.5, 0.6) is 0 Å². The van der Waals surface area contributed by atoms with Crippen molar-refractivity contribution in [3.05, 3.63) is 64.7 Å². The molecule has 1 aliphatic rings. The predicted molar refractivity (Wildman–Crippen MR) is 117 cm³/mol. The molecule has 0 spiro atoms. The molecular formula is C23H26ClN3O3. The lowest BCUT2D eigenvalue weighted by molar-refractivity contribution is -0.128. The lowest BCUT2D eigenvalue weighted by Crippen LogP contribution is -2.41. The summed E-state index contributed by atoms with van der Waals surface area (Å²) in [6.45, 7) is 3.02. The fourth-order valence-electron chi connectivity index (χ4n) is 3.50. The monoisotopic (exact) mass is 427 g/mol. The molecule has 0 aliphatic carbocycles. The van der Waals surface area contributed by atoms with Crippen LogP contribution in [0, 0.1) is 5.92 Å². The van der Waals surface area contributed by atoms with Gasteiger partial charge < -0.3 is 15.1 Å². The molecule has 158 valence electrons. The Hall–Kier alpha value is -2.86. The molecule has 1 N–H and O–H groups in total. The van der Waals surface area contributed by atoms with E-state index in [4.69, 9.17) is 11.6 Å². The standard InChI is InChI=1S/C23H26ClN3O3/c1-16(28)26(2)15-19-5-3-4-6-21(19)25-22(29)17-11-13-27(14-12-17)23(30)18-7-9-20(24)10-8-18/h3-10,17H,11-15H2,1-2H3,(H,25,29). The van der Waals surface area contributed by atoms with Gasteiger partial charge in [0.15, 0.2) is 0 Å². The van der Waals surface area contributed by atoms with E-state index in [9.17, 15) is 14.4 Å². The van der Waals surface area contributed by atoms with Crippen LogP contribution in [0.4, 0.5) is 5.69 Å². The third-order valence-corrected chi connectivity index (χ3v) is 5.72. The van der Waals surface area contributed by atoms with Crippen LogP contribution < -0.4 is 5.32 Å².